The van der Waals surface area contributed by atoms with Crippen LogP contribution in [0.4, 0.5) is 45.5 Å². The summed E-state index contributed by atoms with van der Waals surface area (Å²) >= 11 is 0. The first kappa shape index (κ1) is 57.3. The Morgan fingerprint density at radius 1 is 0.353 bits per heavy atom. The van der Waals surface area contributed by atoms with Crippen molar-refractivity contribution in [1.29, 1.82) is 0 Å². The Labute approximate surface area is 512 Å². The molecule has 0 N–H and O–H groups in total. The Kier molecular flexibility index (Phi) is 13.1. The smallest absolute Gasteiger partial charge is 0.252 e. The van der Waals surface area contributed by atoms with E-state index in [1.165, 1.54) is 149 Å². The second kappa shape index (κ2) is 19.4. The van der Waals surface area contributed by atoms with Gasteiger partial charge in [-0.05, 0) is 192 Å². The number of fused-ring (bicyclic) bond motifs is 8. The van der Waals surface area contributed by atoms with Gasteiger partial charge in [0.25, 0.3) is 6.71 Å². The fourth-order valence-electron chi connectivity index (χ4n) is 16.0. The van der Waals surface area contributed by atoms with Crippen molar-refractivity contribution >= 4 is 68.6 Å². The molecule has 3 heterocycles. The fourth-order valence-corrected chi connectivity index (χ4v) is 16.0. The van der Waals surface area contributed by atoms with Crippen LogP contribution in [0.2, 0.25) is 0 Å². The van der Waals surface area contributed by atoms with Gasteiger partial charge in [-0.15, -0.1) is 0 Å². The Morgan fingerprint density at radius 3 is 1.32 bits per heavy atom. The molecule has 8 aromatic rings. The van der Waals surface area contributed by atoms with Crippen molar-refractivity contribution in [2.45, 2.75) is 213 Å². The van der Waals surface area contributed by atoms with Crippen LogP contribution in [0.5, 0.6) is 0 Å². The predicted octanol–water partition coefficient (Wildman–Crippen LogP) is 20.8. The Hall–Kier alpha value is -6.78. The molecule has 2 unspecified atom stereocenters. The van der Waals surface area contributed by atoms with Gasteiger partial charge in [0.1, 0.15) is 0 Å². The summed E-state index contributed by atoms with van der Waals surface area (Å²) in [4.78, 5) is 8.34. The molecule has 0 bridgehead atoms. The SMILES string of the molecule is CC(C)(C)c1ccc(N2c3cc(N4c5ccc(C(C)(C)C)cc5C5(C)CCCCCC45C)ccc3B3c4cc5c(cc4N(c4ccc(C(C)(C)C)cc4-c4ccccc4)c4cc(C(C)(C)C)cc2c43)C(C)(C)CCC5(C)C)c(-c2ccccc2)c1. The lowest BCUT2D eigenvalue weighted by atomic mass is 9.33. The maximum atomic E-state index is 2.84. The van der Waals surface area contributed by atoms with Crippen molar-refractivity contribution in [3.8, 4) is 22.3 Å². The van der Waals surface area contributed by atoms with Crippen LogP contribution < -0.4 is 31.1 Å². The minimum Gasteiger partial charge on any atom is -0.334 e. The van der Waals surface area contributed by atoms with E-state index < -0.39 is 0 Å². The molecule has 85 heavy (non-hydrogen) atoms. The van der Waals surface area contributed by atoms with E-state index >= 15 is 0 Å². The fraction of sp³-hybridized carbons (Fsp3) is 0.407. The molecule has 0 amide bonds. The molecule has 436 valence electrons. The van der Waals surface area contributed by atoms with Crippen LogP contribution in [-0.2, 0) is 37.9 Å². The zero-order chi connectivity index (χ0) is 60.3. The summed E-state index contributed by atoms with van der Waals surface area (Å²) in [5.41, 5.74) is 28.7. The molecule has 1 fully saturated rings. The van der Waals surface area contributed by atoms with Gasteiger partial charge in [-0.25, -0.2) is 0 Å². The Morgan fingerprint density at radius 2 is 0.812 bits per heavy atom. The van der Waals surface area contributed by atoms with E-state index in [-0.39, 0.29) is 50.2 Å². The second-order valence-corrected chi connectivity index (χ2v) is 32.4. The van der Waals surface area contributed by atoms with Crippen molar-refractivity contribution in [2.24, 2.45) is 0 Å². The first-order chi connectivity index (χ1) is 39.9. The van der Waals surface area contributed by atoms with Crippen molar-refractivity contribution < 1.29 is 0 Å². The molecule has 0 aromatic heterocycles. The topological polar surface area (TPSA) is 9.72 Å². The summed E-state index contributed by atoms with van der Waals surface area (Å²) in [5.74, 6) is 0. The third-order valence-electron chi connectivity index (χ3n) is 21.7. The van der Waals surface area contributed by atoms with Crippen LogP contribution >= 0.6 is 0 Å². The van der Waals surface area contributed by atoms with Crippen molar-refractivity contribution in [3.05, 3.63) is 197 Å². The number of nitrogens with zero attached hydrogens (tertiary/aromatic N) is 3. The van der Waals surface area contributed by atoms with Gasteiger partial charge in [-0.1, -0.05) is 234 Å². The summed E-state index contributed by atoms with van der Waals surface area (Å²) in [6.07, 6.45) is 8.37. The minimum absolute atomic E-state index is 0.00293. The third kappa shape index (κ3) is 9.09. The summed E-state index contributed by atoms with van der Waals surface area (Å²) < 4.78 is 0. The van der Waals surface area contributed by atoms with Crippen LogP contribution in [0.15, 0.2) is 158 Å². The molecule has 13 rings (SSSR count). The lowest BCUT2D eigenvalue weighted by molar-refractivity contribution is 0.261. The minimum atomic E-state index is -0.191. The van der Waals surface area contributed by atoms with E-state index in [4.69, 9.17) is 0 Å². The first-order valence-corrected chi connectivity index (χ1v) is 32.4. The highest BCUT2D eigenvalue weighted by Gasteiger charge is 2.57. The van der Waals surface area contributed by atoms with Gasteiger partial charge in [0.2, 0.25) is 0 Å². The van der Waals surface area contributed by atoms with E-state index in [9.17, 15) is 0 Å². The molecular weight excluding hydrogens is 1030 g/mol. The molecule has 2 atom stereocenters. The largest absolute Gasteiger partial charge is 0.334 e. The third-order valence-corrected chi connectivity index (χ3v) is 21.7. The van der Waals surface area contributed by atoms with Crippen molar-refractivity contribution in [3.63, 3.8) is 0 Å². The summed E-state index contributed by atoms with van der Waals surface area (Å²) in [6.45, 7) is 43.8. The Balaban J connectivity index is 1.18. The lowest BCUT2D eigenvalue weighted by Crippen LogP contribution is -2.62. The number of hydrogen-bond acceptors (Lipinski definition) is 3. The van der Waals surface area contributed by atoms with E-state index in [0.717, 1.165) is 19.3 Å². The summed E-state index contributed by atoms with van der Waals surface area (Å²) in [5, 5.41) is 0. The number of benzene rings is 8. The molecule has 2 aliphatic carbocycles. The average Bonchev–Trinajstić information content (AvgIpc) is 1.53. The highest BCUT2D eigenvalue weighted by molar-refractivity contribution is 7.00. The molecule has 8 aromatic carbocycles. The maximum absolute atomic E-state index is 2.84. The van der Waals surface area contributed by atoms with Gasteiger partial charge in [-0.2, -0.15) is 0 Å². The van der Waals surface area contributed by atoms with Crippen molar-refractivity contribution in [1.82, 2.24) is 0 Å². The monoisotopic (exact) mass is 1120 g/mol. The van der Waals surface area contributed by atoms with E-state index in [1.54, 1.807) is 0 Å². The van der Waals surface area contributed by atoms with E-state index in [2.05, 4.69) is 297 Å². The van der Waals surface area contributed by atoms with Crippen LogP contribution in [0, 0.1) is 0 Å². The van der Waals surface area contributed by atoms with Crippen molar-refractivity contribution in [2.75, 3.05) is 14.7 Å². The number of hydrogen-bond donors (Lipinski definition) is 0. The van der Waals surface area contributed by atoms with Gasteiger partial charge in [0, 0.05) is 50.7 Å². The molecule has 3 aliphatic heterocycles. The quantitative estimate of drug-likeness (QED) is 0.159. The van der Waals surface area contributed by atoms with Crippen LogP contribution in [0.1, 0.15) is 209 Å². The maximum Gasteiger partial charge on any atom is 0.252 e. The zero-order valence-corrected chi connectivity index (χ0v) is 54.9. The normalized spacial score (nSPS) is 20.4. The summed E-state index contributed by atoms with van der Waals surface area (Å²) in [6, 6.07) is 63.3. The highest BCUT2D eigenvalue weighted by atomic mass is 15.3. The van der Waals surface area contributed by atoms with E-state index in [1.807, 2.05) is 0 Å². The molecule has 1 saturated carbocycles. The molecule has 0 spiro atoms. The van der Waals surface area contributed by atoms with Gasteiger partial charge in [-0.3, -0.25) is 0 Å². The van der Waals surface area contributed by atoms with Crippen LogP contribution in [-0.4, -0.2) is 12.3 Å². The summed E-state index contributed by atoms with van der Waals surface area (Å²) in [7, 11) is 0. The van der Waals surface area contributed by atoms with E-state index in [0.29, 0.717) is 0 Å². The molecule has 5 aliphatic rings. The van der Waals surface area contributed by atoms with Gasteiger partial charge < -0.3 is 14.7 Å². The molecule has 4 heteroatoms. The standard InChI is InChI=1S/C81H94BN3/c1-74(2,3)54-32-37-66(59(44-54)52-28-22-19-23-29-52)83-69-49-58(85-68-39-34-56(76(7,8)9)46-63(68)80(17)40-26-21-27-41-81(80,85)18)35-36-64(69)82-65-50-61-62(79(15,16)43-42-78(61,13)14)51-70(65)84(72-48-57(77(10,11)12)47-71(83)73(72)82)67-38-33-55(75(4,5)6)45-60(67)53-30-24-20-25-31-53/h19-20,22-25,28-39,44-51H,21,26-27,40-43H2,1-18H3. The lowest BCUT2D eigenvalue weighted by Gasteiger charge is -2.49. The number of anilines is 8. The molecule has 0 saturated heterocycles. The van der Waals surface area contributed by atoms with Gasteiger partial charge in [0.05, 0.1) is 16.9 Å². The predicted molar refractivity (Wildman–Crippen MR) is 369 cm³/mol. The van der Waals surface area contributed by atoms with Crippen LogP contribution in [0.3, 0.4) is 0 Å². The zero-order valence-electron chi connectivity index (χ0n) is 54.9. The molecule has 0 radical (unpaired) electrons. The second-order valence-electron chi connectivity index (χ2n) is 32.4. The van der Waals surface area contributed by atoms with Gasteiger partial charge in [0.15, 0.2) is 0 Å². The molecular formula is C81H94BN3. The first-order valence-electron chi connectivity index (χ1n) is 32.4. The Bertz CT molecular complexity index is 3970. The van der Waals surface area contributed by atoms with Crippen LogP contribution in [0.25, 0.3) is 22.3 Å². The number of rotatable bonds is 5. The van der Waals surface area contributed by atoms with Gasteiger partial charge >= 0.3 is 0 Å². The highest BCUT2D eigenvalue weighted by Crippen LogP contribution is 2.62. The average molecular weight is 1120 g/mol. The molecule has 3 nitrogen and oxygen atoms in total.